The number of aliphatic hydroxyl groups excluding tert-OH is 1. The molecule has 1 aromatic rings. The molecule has 14 heavy (non-hydrogen) atoms. The fourth-order valence-electron chi connectivity index (χ4n) is 2.25. The van der Waals surface area contributed by atoms with Crippen LogP contribution in [0.25, 0.3) is 0 Å². The number of hydrogen-bond acceptors (Lipinski definition) is 2. The summed E-state index contributed by atoms with van der Waals surface area (Å²) in [4.78, 5) is 1.53. The summed E-state index contributed by atoms with van der Waals surface area (Å²) in [6, 6.07) is 0. The maximum atomic E-state index is 9.14. The molecule has 0 bridgehead atoms. The van der Waals surface area contributed by atoms with Crippen LogP contribution in [0.2, 0.25) is 0 Å². The van der Waals surface area contributed by atoms with Crippen LogP contribution in [-0.2, 0) is 12.8 Å². The molecule has 0 saturated heterocycles. The number of fused-ring (bicyclic) bond motifs is 1. The van der Waals surface area contributed by atoms with E-state index in [0.29, 0.717) is 18.4 Å². The predicted molar refractivity (Wildman–Crippen MR) is 61.0 cm³/mol. The van der Waals surface area contributed by atoms with Gasteiger partial charge in [0.1, 0.15) is 0 Å². The minimum Gasteiger partial charge on any atom is -0.396 e. The van der Waals surface area contributed by atoms with E-state index in [1.165, 1.54) is 17.7 Å². The largest absolute Gasteiger partial charge is 0.396 e. The van der Waals surface area contributed by atoms with Crippen LogP contribution >= 0.6 is 11.3 Å². The average Bonchev–Trinajstić information content (AvgIpc) is 2.59. The SMILES string of the molecule is CC(C)c1csc2c1CCC(CO)C2. The molecule has 78 valence electrons. The summed E-state index contributed by atoms with van der Waals surface area (Å²) in [6.07, 6.45) is 3.45. The first kappa shape index (κ1) is 10.2. The van der Waals surface area contributed by atoms with Crippen molar-refractivity contribution in [3.8, 4) is 0 Å². The lowest BCUT2D eigenvalue weighted by molar-refractivity contribution is 0.214. The number of hydrogen-bond donors (Lipinski definition) is 1. The standard InChI is InChI=1S/C12H18OS/c1-8(2)11-7-14-12-5-9(6-13)3-4-10(11)12/h7-9,13H,3-6H2,1-2H3. The Morgan fingerprint density at radius 2 is 2.36 bits per heavy atom. The molecule has 0 aliphatic heterocycles. The molecular formula is C12H18OS. The highest BCUT2D eigenvalue weighted by molar-refractivity contribution is 7.10. The summed E-state index contributed by atoms with van der Waals surface area (Å²) in [5, 5.41) is 11.5. The highest BCUT2D eigenvalue weighted by Crippen LogP contribution is 2.35. The van der Waals surface area contributed by atoms with E-state index >= 15 is 0 Å². The van der Waals surface area contributed by atoms with E-state index in [9.17, 15) is 0 Å². The van der Waals surface area contributed by atoms with Crippen molar-refractivity contribution in [3.63, 3.8) is 0 Å². The molecule has 0 saturated carbocycles. The van der Waals surface area contributed by atoms with Crippen molar-refractivity contribution < 1.29 is 5.11 Å². The second-order valence-corrected chi connectivity index (χ2v) is 5.50. The quantitative estimate of drug-likeness (QED) is 0.795. The Balaban J connectivity index is 2.25. The van der Waals surface area contributed by atoms with Crippen LogP contribution in [0.15, 0.2) is 5.38 Å². The third-order valence-electron chi connectivity index (χ3n) is 3.17. The molecule has 0 amide bonds. The minimum absolute atomic E-state index is 0.356. The summed E-state index contributed by atoms with van der Waals surface area (Å²) in [5.41, 5.74) is 3.14. The highest BCUT2D eigenvalue weighted by Gasteiger charge is 2.22. The number of aliphatic hydroxyl groups is 1. The first-order chi connectivity index (χ1) is 6.72. The van der Waals surface area contributed by atoms with Crippen LogP contribution in [0.1, 0.15) is 42.2 Å². The Morgan fingerprint density at radius 3 is 3.00 bits per heavy atom. The second-order valence-electron chi connectivity index (χ2n) is 4.54. The van der Waals surface area contributed by atoms with Gasteiger partial charge in [0.2, 0.25) is 0 Å². The van der Waals surface area contributed by atoms with Crippen molar-refractivity contribution in [1.82, 2.24) is 0 Å². The molecule has 0 fully saturated rings. The molecule has 2 heteroatoms. The lowest BCUT2D eigenvalue weighted by Crippen LogP contribution is -2.16. The lowest BCUT2D eigenvalue weighted by atomic mass is 9.86. The van der Waals surface area contributed by atoms with E-state index < -0.39 is 0 Å². The second kappa shape index (κ2) is 4.03. The maximum Gasteiger partial charge on any atom is 0.0462 e. The third kappa shape index (κ3) is 1.73. The average molecular weight is 210 g/mol. The third-order valence-corrected chi connectivity index (χ3v) is 4.24. The van der Waals surface area contributed by atoms with E-state index in [1.54, 1.807) is 11.1 Å². The van der Waals surface area contributed by atoms with Crippen LogP contribution in [0.3, 0.4) is 0 Å². The van der Waals surface area contributed by atoms with E-state index in [4.69, 9.17) is 5.11 Å². The summed E-state index contributed by atoms with van der Waals surface area (Å²) < 4.78 is 0. The van der Waals surface area contributed by atoms with E-state index in [1.807, 2.05) is 11.3 Å². The Labute approximate surface area is 89.8 Å². The van der Waals surface area contributed by atoms with Gasteiger partial charge in [0.15, 0.2) is 0 Å². The van der Waals surface area contributed by atoms with Gasteiger partial charge in [-0.05, 0) is 47.6 Å². The van der Waals surface area contributed by atoms with Crippen LogP contribution in [0.4, 0.5) is 0 Å². The van der Waals surface area contributed by atoms with E-state index in [-0.39, 0.29) is 0 Å². The molecule has 1 atom stereocenters. The summed E-state index contributed by atoms with van der Waals surface area (Å²) in [5.74, 6) is 1.17. The van der Waals surface area contributed by atoms with Crippen molar-refractivity contribution in [1.29, 1.82) is 0 Å². The first-order valence-corrected chi connectivity index (χ1v) is 6.30. The van der Waals surface area contributed by atoms with Crippen molar-refractivity contribution in [2.75, 3.05) is 6.61 Å². The summed E-state index contributed by atoms with van der Waals surface area (Å²) in [7, 11) is 0. The molecule has 1 heterocycles. The summed E-state index contributed by atoms with van der Waals surface area (Å²) >= 11 is 1.89. The van der Waals surface area contributed by atoms with Gasteiger partial charge in [-0.25, -0.2) is 0 Å². The number of rotatable bonds is 2. The molecule has 1 aliphatic rings. The van der Waals surface area contributed by atoms with Gasteiger partial charge >= 0.3 is 0 Å². The zero-order chi connectivity index (χ0) is 10.1. The van der Waals surface area contributed by atoms with Crippen LogP contribution in [-0.4, -0.2) is 11.7 Å². The molecule has 0 aromatic carbocycles. The molecule has 0 radical (unpaired) electrons. The Kier molecular flexibility index (Phi) is 2.93. The zero-order valence-corrected chi connectivity index (χ0v) is 9.73. The van der Waals surface area contributed by atoms with Crippen molar-refractivity contribution in [2.24, 2.45) is 5.92 Å². The normalized spacial score (nSPS) is 21.3. The van der Waals surface area contributed by atoms with Gasteiger partial charge in [-0.1, -0.05) is 13.8 Å². The Bertz CT molecular complexity index is 314. The van der Waals surface area contributed by atoms with Crippen LogP contribution < -0.4 is 0 Å². The minimum atomic E-state index is 0.356. The smallest absolute Gasteiger partial charge is 0.0462 e. The molecule has 0 spiro atoms. The van der Waals surface area contributed by atoms with Crippen molar-refractivity contribution >= 4 is 11.3 Å². The lowest BCUT2D eigenvalue weighted by Gasteiger charge is -2.21. The first-order valence-electron chi connectivity index (χ1n) is 5.42. The topological polar surface area (TPSA) is 20.2 Å². The molecule has 2 rings (SSSR count). The monoisotopic (exact) mass is 210 g/mol. The van der Waals surface area contributed by atoms with Gasteiger partial charge < -0.3 is 5.11 Å². The molecule has 1 unspecified atom stereocenters. The van der Waals surface area contributed by atoms with Gasteiger partial charge in [-0.3, -0.25) is 0 Å². The fraction of sp³-hybridized carbons (Fsp3) is 0.667. The van der Waals surface area contributed by atoms with Gasteiger partial charge in [-0.2, -0.15) is 0 Å². The van der Waals surface area contributed by atoms with Crippen molar-refractivity contribution in [2.45, 2.75) is 39.0 Å². The van der Waals surface area contributed by atoms with Gasteiger partial charge in [-0.15, -0.1) is 11.3 Å². The molecule has 1 aliphatic carbocycles. The molecule has 1 aromatic heterocycles. The number of thiophene rings is 1. The van der Waals surface area contributed by atoms with Gasteiger partial charge in [0.25, 0.3) is 0 Å². The van der Waals surface area contributed by atoms with Crippen LogP contribution in [0, 0.1) is 5.92 Å². The Hall–Kier alpha value is -0.340. The maximum absolute atomic E-state index is 9.14. The van der Waals surface area contributed by atoms with E-state index in [2.05, 4.69) is 19.2 Å². The Morgan fingerprint density at radius 1 is 1.57 bits per heavy atom. The van der Waals surface area contributed by atoms with Crippen LogP contribution in [0.5, 0.6) is 0 Å². The van der Waals surface area contributed by atoms with E-state index in [0.717, 1.165) is 6.42 Å². The molecule has 1 N–H and O–H groups in total. The predicted octanol–water partition coefficient (Wildman–Crippen LogP) is 2.97. The van der Waals surface area contributed by atoms with Gasteiger partial charge in [0.05, 0.1) is 0 Å². The summed E-state index contributed by atoms with van der Waals surface area (Å²) in [6.45, 7) is 4.88. The van der Waals surface area contributed by atoms with Gasteiger partial charge in [0, 0.05) is 11.5 Å². The zero-order valence-electron chi connectivity index (χ0n) is 8.92. The highest BCUT2D eigenvalue weighted by atomic mass is 32.1. The van der Waals surface area contributed by atoms with Crippen molar-refractivity contribution in [3.05, 3.63) is 21.4 Å². The molecule has 1 nitrogen and oxygen atoms in total. The fourth-order valence-corrected chi connectivity index (χ4v) is 3.62. The molecular weight excluding hydrogens is 192 g/mol.